The number of fused-ring (bicyclic) bond motifs is 3. The van der Waals surface area contributed by atoms with E-state index in [1.807, 2.05) is 24.3 Å². The van der Waals surface area contributed by atoms with Crippen LogP contribution >= 0.6 is 0 Å². The standard InChI is InChI=1S/C51H45NO3/c53-49-40(22-19-37-7-1-4-10-46(37)49)31-34-13-25-43(26-14-34)52(44-27-15-35(16-28-44)32-41-23-20-38-8-2-5-11-47(38)50(41)54)45-29-17-36(18-30-45)33-42-24-21-39-9-3-6-12-48(39)51(42)55/h1-4,7-18,25-32,38-39,42H,5-6,19-24,33H2. The third-order valence-corrected chi connectivity index (χ3v) is 12.1. The van der Waals surface area contributed by atoms with Gasteiger partial charge in [0.2, 0.25) is 0 Å². The van der Waals surface area contributed by atoms with Gasteiger partial charge in [0.05, 0.1) is 0 Å². The highest BCUT2D eigenvalue weighted by atomic mass is 16.1. The number of hydrogen-bond donors (Lipinski definition) is 0. The number of Topliss-reactive ketones (excluding diaryl/α,β-unsaturated/α-hetero) is 3. The zero-order valence-electron chi connectivity index (χ0n) is 31.1. The Bertz CT molecular complexity index is 2350. The summed E-state index contributed by atoms with van der Waals surface area (Å²) in [5.41, 5.74) is 11.8. The Morgan fingerprint density at radius 1 is 0.564 bits per heavy atom. The van der Waals surface area contributed by atoms with Gasteiger partial charge in [-0.3, -0.25) is 14.4 Å². The van der Waals surface area contributed by atoms with Crippen LogP contribution < -0.4 is 4.90 Å². The van der Waals surface area contributed by atoms with Crippen molar-refractivity contribution < 1.29 is 14.4 Å². The summed E-state index contributed by atoms with van der Waals surface area (Å²) >= 11 is 0. The number of aryl methyl sites for hydroxylation is 1. The van der Waals surface area contributed by atoms with E-state index in [2.05, 4.69) is 126 Å². The number of rotatable bonds is 7. The van der Waals surface area contributed by atoms with Crippen molar-refractivity contribution in [1.29, 1.82) is 0 Å². The first-order chi connectivity index (χ1) is 27.0. The van der Waals surface area contributed by atoms with Crippen molar-refractivity contribution in [3.05, 3.63) is 184 Å². The number of anilines is 3. The molecule has 9 rings (SSSR count). The van der Waals surface area contributed by atoms with Crippen LogP contribution in [-0.4, -0.2) is 17.3 Å². The molecule has 0 heterocycles. The number of carbonyl (C=O) groups is 3. The van der Waals surface area contributed by atoms with Crippen molar-refractivity contribution in [2.45, 2.75) is 57.8 Å². The maximum atomic E-state index is 13.4. The highest BCUT2D eigenvalue weighted by Crippen LogP contribution is 2.39. The fourth-order valence-electron chi connectivity index (χ4n) is 9.13. The number of allylic oxidation sites excluding steroid dienone is 10. The van der Waals surface area contributed by atoms with Gasteiger partial charge in [0, 0.05) is 57.1 Å². The van der Waals surface area contributed by atoms with Crippen LogP contribution in [0.5, 0.6) is 0 Å². The summed E-state index contributed by atoms with van der Waals surface area (Å²) in [4.78, 5) is 42.3. The van der Waals surface area contributed by atoms with Gasteiger partial charge in [-0.2, -0.15) is 0 Å². The molecule has 0 spiro atoms. The SMILES string of the molecule is O=C1C(=Cc2ccc(N(c3ccc(C=C4CCc5ccccc5C4=O)cc3)c3ccc(CC4CCC5C=CCC=C5C4=O)cc3)cc2)CCC2C=CCC=C12. The molecule has 3 atom stereocenters. The molecule has 5 aliphatic carbocycles. The van der Waals surface area contributed by atoms with E-state index in [4.69, 9.17) is 0 Å². The van der Waals surface area contributed by atoms with E-state index < -0.39 is 0 Å². The summed E-state index contributed by atoms with van der Waals surface area (Å²) in [6.07, 6.45) is 24.8. The molecule has 0 radical (unpaired) electrons. The third-order valence-electron chi connectivity index (χ3n) is 12.1. The van der Waals surface area contributed by atoms with Crippen molar-refractivity contribution in [2.75, 3.05) is 4.90 Å². The van der Waals surface area contributed by atoms with Gasteiger partial charge in [-0.25, -0.2) is 0 Å². The number of ketones is 3. The normalized spacial score (nSPS) is 23.2. The number of nitrogens with zero attached hydrogens (tertiary/aromatic N) is 1. The zero-order chi connectivity index (χ0) is 37.3. The fraction of sp³-hybridized carbons (Fsp3) is 0.235. The van der Waals surface area contributed by atoms with E-state index in [0.717, 1.165) is 125 Å². The van der Waals surface area contributed by atoms with Crippen LogP contribution in [0.1, 0.15) is 77.6 Å². The average Bonchev–Trinajstić information content (AvgIpc) is 3.23. The lowest BCUT2D eigenvalue weighted by Gasteiger charge is -2.30. The number of carbonyl (C=O) groups excluding carboxylic acids is 3. The minimum Gasteiger partial charge on any atom is -0.311 e. The molecule has 4 aromatic rings. The lowest BCUT2D eigenvalue weighted by molar-refractivity contribution is -0.121. The van der Waals surface area contributed by atoms with Crippen LogP contribution in [0.15, 0.2) is 156 Å². The van der Waals surface area contributed by atoms with Gasteiger partial charge >= 0.3 is 0 Å². The van der Waals surface area contributed by atoms with Gasteiger partial charge < -0.3 is 4.90 Å². The Labute approximate surface area is 324 Å². The molecule has 3 unspecified atom stereocenters. The summed E-state index contributed by atoms with van der Waals surface area (Å²) in [6.45, 7) is 0. The lowest BCUT2D eigenvalue weighted by Crippen LogP contribution is -2.29. The molecule has 4 aromatic carbocycles. The fourth-order valence-corrected chi connectivity index (χ4v) is 9.13. The lowest BCUT2D eigenvalue weighted by atomic mass is 9.73. The smallest absolute Gasteiger partial charge is 0.189 e. The molecular formula is C51H45NO3. The van der Waals surface area contributed by atoms with Crippen molar-refractivity contribution in [1.82, 2.24) is 0 Å². The zero-order valence-corrected chi connectivity index (χ0v) is 31.1. The number of hydrogen-bond acceptors (Lipinski definition) is 4. The summed E-state index contributed by atoms with van der Waals surface area (Å²) in [7, 11) is 0. The molecule has 0 aliphatic heterocycles. The second kappa shape index (κ2) is 15.1. The Balaban J connectivity index is 0.990. The van der Waals surface area contributed by atoms with Gasteiger partial charge in [0.15, 0.2) is 17.3 Å². The monoisotopic (exact) mass is 719 g/mol. The maximum Gasteiger partial charge on any atom is 0.189 e. The maximum absolute atomic E-state index is 13.4. The molecule has 0 bridgehead atoms. The first-order valence-electron chi connectivity index (χ1n) is 19.9. The molecule has 4 heteroatoms. The predicted octanol–water partition coefficient (Wildman–Crippen LogP) is 11.6. The van der Waals surface area contributed by atoms with E-state index in [1.165, 1.54) is 0 Å². The van der Waals surface area contributed by atoms with Crippen molar-refractivity contribution >= 4 is 46.6 Å². The highest BCUT2D eigenvalue weighted by Gasteiger charge is 2.33. The topological polar surface area (TPSA) is 54.5 Å². The van der Waals surface area contributed by atoms with Crippen molar-refractivity contribution in [3.8, 4) is 0 Å². The summed E-state index contributed by atoms with van der Waals surface area (Å²) in [5, 5.41) is 0. The van der Waals surface area contributed by atoms with Crippen LogP contribution in [0, 0.1) is 17.8 Å². The van der Waals surface area contributed by atoms with Crippen molar-refractivity contribution in [3.63, 3.8) is 0 Å². The van der Waals surface area contributed by atoms with Gasteiger partial charge in [-0.15, -0.1) is 0 Å². The van der Waals surface area contributed by atoms with Crippen LogP contribution in [0.3, 0.4) is 0 Å². The van der Waals surface area contributed by atoms with Gasteiger partial charge in [0.25, 0.3) is 0 Å². The summed E-state index contributed by atoms with van der Waals surface area (Å²) < 4.78 is 0. The molecule has 0 N–H and O–H groups in total. The first-order valence-corrected chi connectivity index (χ1v) is 19.9. The minimum atomic E-state index is 0.0246. The average molecular weight is 720 g/mol. The first kappa shape index (κ1) is 34.9. The van der Waals surface area contributed by atoms with Gasteiger partial charge in [-0.05, 0) is 134 Å². The second-order valence-electron chi connectivity index (χ2n) is 15.6. The Morgan fingerprint density at radius 2 is 1.15 bits per heavy atom. The van der Waals surface area contributed by atoms with E-state index in [-0.39, 0.29) is 23.4 Å². The van der Waals surface area contributed by atoms with Crippen LogP contribution in [0.25, 0.3) is 12.2 Å². The molecule has 55 heavy (non-hydrogen) atoms. The Kier molecular flexibility index (Phi) is 9.58. The summed E-state index contributed by atoms with van der Waals surface area (Å²) in [6, 6.07) is 33.4. The Morgan fingerprint density at radius 3 is 1.82 bits per heavy atom. The largest absolute Gasteiger partial charge is 0.311 e. The van der Waals surface area contributed by atoms with Crippen LogP contribution in [0.4, 0.5) is 17.1 Å². The molecule has 4 nitrogen and oxygen atoms in total. The predicted molar refractivity (Wildman–Crippen MR) is 223 cm³/mol. The summed E-state index contributed by atoms with van der Waals surface area (Å²) in [5.74, 6) is 1.19. The van der Waals surface area contributed by atoms with E-state index >= 15 is 0 Å². The highest BCUT2D eigenvalue weighted by molar-refractivity contribution is 6.13. The van der Waals surface area contributed by atoms with E-state index in [0.29, 0.717) is 11.7 Å². The Hall–Kier alpha value is -5.87. The molecule has 2 fully saturated rings. The van der Waals surface area contributed by atoms with Crippen LogP contribution in [-0.2, 0) is 22.4 Å². The molecule has 0 saturated heterocycles. The molecule has 0 aromatic heterocycles. The number of benzene rings is 4. The second-order valence-corrected chi connectivity index (χ2v) is 15.6. The minimum absolute atomic E-state index is 0.0246. The third kappa shape index (κ3) is 7.10. The van der Waals surface area contributed by atoms with Gasteiger partial charge in [0.1, 0.15) is 0 Å². The van der Waals surface area contributed by atoms with Gasteiger partial charge in [-0.1, -0.05) is 97.1 Å². The molecule has 2 saturated carbocycles. The van der Waals surface area contributed by atoms with Crippen molar-refractivity contribution in [2.24, 2.45) is 17.8 Å². The van der Waals surface area contributed by atoms with E-state index in [9.17, 15) is 14.4 Å². The van der Waals surface area contributed by atoms with Crippen LogP contribution in [0.2, 0.25) is 0 Å². The molecule has 272 valence electrons. The quantitative estimate of drug-likeness (QED) is 0.141. The molecular weight excluding hydrogens is 675 g/mol. The molecule has 0 amide bonds. The van der Waals surface area contributed by atoms with E-state index in [1.54, 1.807) is 0 Å². The molecule has 5 aliphatic rings.